The molecule has 1 aromatic rings. The lowest BCUT2D eigenvalue weighted by atomic mass is 10.3. The van der Waals surface area contributed by atoms with E-state index in [1.807, 2.05) is 0 Å². The highest BCUT2D eigenvalue weighted by atomic mass is 35.5. The average molecular weight is 225 g/mol. The van der Waals surface area contributed by atoms with Crippen LogP contribution in [0.25, 0.3) is 0 Å². The van der Waals surface area contributed by atoms with Crippen LogP contribution in [-0.2, 0) is 0 Å². The summed E-state index contributed by atoms with van der Waals surface area (Å²) in [5.41, 5.74) is -1.98. The fourth-order valence-electron chi connectivity index (χ4n) is 0.804. The second-order valence-corrected chi connectivity index (χ2v) is 2.64. The molecule has 0 saturated heterocycles. The summed E-state index contributed by atoms with van der Waals surface area (Å²) in [5.74, 6) is -1.16. The molecule has 1 heterocycles. The van der Waals surface area contributed by atoms with E-state index in [2.05, 4.69) is 4.98 Å². The van der Waals surface area contributed by atoms with Gasteiger partial charge in [-0.15, -0.1) is 0 Å². The summed E-state index contributed by atoms with van der Waals surface area (Å²) in [6, 6.07) is 0.697. The van der Waals surface area contributed by atoms with Gasteiger partial charge in [-0.25, -0.2) is 13.8 Å². The number of hydrogen-bond acceptors (Lipinski definition) is 4. The van der Waals surface area contributed by atoms with Gasteiger partial charge in [0.15, 0.2) is 5.69 Å². The topological polar surface area (TPSA) is 76.3 Å². The van der Waals surface area contributed by atoms with Gasteiger partial charge in [-0.1, -0.05) is 11.6 Å². The third-order valence-electron chi connectivity index (χ3n) is 1.37. The molecule has 0 saturated carbocycles. The van der Waals surface area contributed by atoms with Crippen LogP contribution in [0.15, 0.2) is 6.07 Å². The van der Waals surface area contributed by atoms with Gasteiger partial charge in [-0.2, -0.15) is 0 Å². The van der Waals surface area contributed by atoms with E-state index >= 15 is 0 Å². The molecule has 5 nitrogen and oxygen atoms in total. The molecule has 0 aliphatic carbocycles. The summed E-state index contributed by atoms with van der Waals surface area (Å²) in [7, 11) is 0. The minimum atomic E-state index is -3.12. The van der Waals surface area contributed by atoms with E-state index < -0.39 is 33.6 Å². The zero-order chi connectivity index (χ0) is 10.9. The maximum absolute atomic E-state index is 12.1. The highest BCUT2D eigenvalue weighted by molar-refractivity contribution is 6.29. The summed E-state index contributed by atoms with van der Waals surface area (Å²) in [5, 5.41) is 18.8. The van der Waals surface area contributed by atoms with E-state index in [1.54, 1.807) is 0 Å². The molecule has 0 spiro atoms. The van der Waals surface area contributed by atoms with Gasteiger partial charge in [0.25, 0.3) is 6.43 Å². The molecule has 0 amide bonds. The number of aromatic hydroxyl groups is 1. The van der Waals surface area contributed by atoms with Crippen LogP contribution in [0.5, 0.6) is 5.75 Å². The van der Waals surface area contributed by atoms with Crippen molar-refractivity contribution < 1.29 is 18.8 Å². The van der Waals surface area contributed by atoms with Crippen molar-refractivity contribution in [1.29, 1.82) is 0 Å². The first-order valence-corrected chi connectivity index (χ1v) is 3.63. The highest BCUT2D eigenvalue weighted by Gasteiger charge is 2.25. The van der Waals surface area contributed by atoms with Crippen molar-refractivity contribution >= 4 is 17.3 Å². The summed E-state index contributed by atoms with van der Waals surface area (Å²) in [6.07, 6.45) is -3.12. The second-order valence-electron chi connectivity index (χ2n) is 2.26. The lowest BCUT2D eigenvalue weighted by Gasteiger charge is -2.02. The zero-order valence-corrected chi connectivity index (χ0v) is 7.20. The number of nitro groups is 1. The van der Waals surface area contributed by atoms with Crippen LogP contribution in [0, 0.1) is 10.1 Å². The van der Waals surface area contributed by atoms with E-state index in [0.717, 1.165) is 0 Å². The lowest BCUT2D eigenvalue weighted by molar-refractivity contribution is -0.386. The minimum Gasteiger partial charge on any atom is -0.501 e. The monoisotopic (exact) mass is 224 g/mol. The quantitative estimate of drug-likeness (QED) is 0.475. The Labute approximate surface area is 81.1 Å². The second kappa shape index (κ2) is 3.70. The molecular weight excluding hydrogens is 222 g/mol. The molecule has 0 unspecified atom stereocenters. The Morgan fingerprint density at radius 2 is 2.21 bits per heavy atom. The van der Waals surface area contributed by atoms with E-state index in [-0.39, 0.29) is 0 Å². The van der Waals surface area contributed by atoms with Crippen molar-refractivity contribution in [3.8, 4) is 5.75 Å². The van der Waals surface area contributed by atoms with Crippen molar-refractivity contribution in [1.82, 2.24) is 4.98 Å². The Hall–Kier alpha value is -1.50. The molecule has 76 valence electrons. The van der Waals surface area contributed by atoms with Crippen LogP contribution in [0.4, 0.5) is 14.5 Å². The standard InChI is InChI=1S/C6H3ClF2N2O3/c7-3-1-2(11(13)14)5(12)4(10-3)6(8)9/h1,6,12H. The molecule has 0 radical (unpaired) electrons. The molecular formula is C6H3ClF2N2O3. The van der Waals surface area contributed by atoms with Crippen LogP contribution >= 0.6 is 11.6 Å². The van der Waals surface area contributed by atoms with E-state index in [0.29, 0.717) is 6.07 Å². The number of halogens is 3. The normalized spacial score (nSPS) is 10.6. The van der Waals surface area contributed by atoms with Crippen LogP contribution in [0.2, 0.25) is 5.15 Å². The summed E-state index contributed by atoms with van der Waals surface area (Å²) >= 11 is 5.25. The fourth-order valence-corrected chi connectivity index (χ4v) is 0.998. The van der Waals surface area contributed by atoms with Gasteiger partial charge in [-0.05, 0) is 0 Å². The molecule has 1 rings (SSSR count). The molecule has 0 atom stereocenters. The summed E-state index contributed by atoms with van der Waals surface area (Å²) in [4.78, 5) is 12.3. The molecule has 14 heavy (non-hydrogen) atoms. The predicted molar refractivity (Wildman–Crippen MR) is 42.5 cm³/mol. The first-order chi connectivity index (χ1) is 6.43. The number of hydrogen-bond donors (Lipinski definition) is 1. The predicted octanol–water partition coefficient (Wildman–Crippen LogP) is 2.29. The number of pyridine rings is 1. The van der Waals surface area contributed by atoms with Gasteiger partial charge < -0.3 is 5.11 Å². The van der Waals surface area contributed by atoms with Crippen LogP contribution in [0.1, 0.15) is 12.1 Å². The maximum atomic E-state index is 12.1. The SMILES string of the molecule is O=[N+]([O-])c1cc(Cl)nc(C(F)F)c1O. The first kappa shape index (κ1) is 10.6. The molecule has 0 aliphatic rings. The van der Waals surface area contributed by atoms with Crippen LogP contribution in [0.3, 0.4) is 0 Å². The summed E-state index contributed by atoms with van der Waals surface area (Å²) in [6.45, 7) is 0. The Morgan fingerprint density at radius 3 is 2.64 bits per heavy atom. The van der Waals surface area contributed by atoms with Crippen molar-refractivity contribution in [2.45, 2.75) is 6.43 Å². The van der Waals surface area contributed by atoms with Crippen molar-refractivity contribution in [3.05, 3.63) is 27.0 Å². The van der Waals surface area contributed by atoms with Gasteiger partial charge in [0.2, 0.25) is 5.75 Å². The Bertz CT molecular complexity index is 386. The van der Waals surface area contributed by atoms with Crippen molar-refractivity contribution in [2.75, 3.05) is 0 Å². The van der Waals surface area contributed by atoms with Gasteiger partial charge in [0, 0.05) is 0 Å². The maximum Gasteiger partial charge on any atom is 0.315 e. The first-order valence-electron chi connectivity index (χ1n) is 3.25. The lowest BCUT2D eigenvalue weighted by Crippen LogP contribution is -1.96. The third kappa shape index (κ3) is 1.87. The number of alkyl halides is 2. The Balaban J connectivity index is 3.40. The van der Waals surface area contributed by atoms with E-state index in [4.69, 9.17) is 16.7 Å². The minimum absolute atomic E-state index is 0.468. The summed E-state index contributed by atoms with van der Waals surface area (Å²) < 4.78 is 24.3. The van der Waals surface area contributed by atoms with Gasteiger partial charge in [-0.3, -0.25) is 10.1 Å². The van der Waals surface area contributed by atoms with Crippen LogP contribution < -0.4 is 0 Å². The number of nitrogens with zero attached hydrogens (tertiary/aromatic N) is 2. The van der Waals surface area contributed by atoms with Crippen molar-refractivity contribution in [2.24, 2.45) is 0 Å². The van der Waals surface area contributed by atoms with Gasteiger partial charge in [0.05, 0.1) is 11.0 Å². The zero-order valence-electron chi connectivity index (χ0n) is 6.45. The third-order valence-corrected chi connectivity index (χ3v) is 1.57. The van der Waals surface area contributed by atoms with E-state index in [9.17, 15) is 18.9 Å². The van der Waals surface area contributed by atoms with Crippen LogP contribution in [-0.4, -0.2) is 15.0 Å². The van der Waals surface area contributed by atoms with Gasteiger partial charge >= 0.3 is 5.69 Å². The smallest absolute Gasteiger partial charge is 0.315 e. The van der Waals surface area contributed by atoms with E-state index in [1.165, 1.54) is 0 Å². The molecule has 0 aliphatic heterocycles. The number of rotatable bonds is 2. The van der Waals surface area contributed by atoms with Gasteiger partial charge in [0.1, 0.15) is 5.15 Å². The molecule has 8 heteroatoms. The molecule has 0 aromatic carbocycles. The average Bonchev–Trinajstić information content (AvgIpc) is 2.07. The fraction of sp³-hybridized carbons (Fsp3) is 0.167. The highest BCUT2D eigenvalue weighted by Crippen LogP contribution is 2.35. The molecule has 1 N–H and O–H groups in total. The molecule has 0 bridgehead atoms. The van der Waals surface area contributed by atoms with Crippen molar-refractivity contribution in [3.63, 3.8) is 0 Å². The Kier molecular flexibility index (Phi) is 2.80. The molecule has 0 fully saturated rings. The Morgan fingerprint density at radius 1 is 1.64 bits per heavy atom. The number of aromatic nitrogens is 1. The molecule has 1 aromatic heterocycles. The largest absolute Gasteiger partial charge is 0.501 e.